The van der Waals surface area contributed by atoms with Gasteiger partial charge in [-0.1, -0.05) is 47.5 Å². The summed E-state index contributed by atoms with van der Waals surface area (Å²) < 4.78 is 2.05. The number of aromatic nitrogens is 2. The summed E-state index contributed by atoms with van der Waals surface area (Å²) in [4.78, 5) is 32.2. The highest BCUT2D eigenvalue weighted by Gasteiger charge is 2.25. The summed E-state index contributed by atoms with van der Waals surface area (Å²) in [5.74, 6) is 0.254. The number of nitrogens with zero attached hydrogens (tertiary/aromatic N) is 3. The lowest BCUT2D eigenvalue weighted by atomic mass is 10.1. The second-order valence-electron chi connectivity index (χ2n) is 7.62. The zero-order valence-corrected chi connectivity index (χ0v) is 18.8. The van der Waals surface area contributed by atoms with Crippen LogP contribution in [0.3, 0.4) is 0 Å². The zero-order chi connectivity index (χ0) is 22.9. The summed E-state index contributed by atoms with van der Waals surface area (Å²) in [7, 11) is 0. The Hall–Kier alpha value is -3.61. The molecule has 1 aromatic heterocycles. The number of carbonyl (C=O) groups is 2. The van der Waals surface area contributed by atoms with Crippen LogP contribution in [-0.2, 0) is 13.1 Å². The Balaban J connectivity index is 1.39. The van der Waals surface area contributed by atoms with Crippen molar-refractivity contribution in [3.8, 4) is 0 Å². The van der Waals surface area contributed by atoms with E-state index in [1.807, 2.05) is 35.0 Å². The van der Waals surface area contributed by atoms with Crippen LogP contribution in [0.15, 0.2) is 79.1 Å². The van der Waals surface area contributed by atoms with E-state index in [2.05, 4.69) is 10.3 Å². The number of imidazole rings is 1. The van der Waals surface area contributed by atoms with Gasteiger partial charge in [0.15, 0.2) is 0 Å². The number of benzene rings is 3. The molecule has 1 aliphatic heterocycles. The van der Waals surface area contributed by atoms with E-state index in [9.17, 15) is 9.59 Å². The van der Waals surface area contributed by atoms with Crippen molar-refractivity contribution in [3.63, 3.8) is 0 Å². The third-order valence-corrected chi connectivity index (χ3v) is 6.18. The second kappa shape index (κ2) is 8.73. The van der Waals surface area contributed by atoms with Crippen LogP contribution in [0.4, 0.5) is 11.4 Å². The van der Waals surface area contributed by atoms with Gasteiger partial charge in [-0.05, 0) is 48.0 Å². The van der Waals surface area contributed by atoms with Crippen molar-refractivity contribution < 1.29 is 9.59 Å². The van der Waals surface area contributed by atoms with Gasteiger partial charge < -0.3 is 14.8 Å². The lowest BCUT2D eigenvalue weighted by Crippen LogP contribution is -2.30. The molecule has 8 heteroatoms. The smallest absolute Gasteiger partial charge is 0.258 e. The second-order valence-corrected chi connectivity index (χ2v) is 8.43. The summed E-state index contributed by atoms with van der Waals surface area (Å²) >= 11 is 12.2. The van der Waals surface area contributed by atoms with Gasteiger partial charge in [-0.2, -0.15) is 0 Å². The van der Waals surface area contributed by atoms with E-state index in [4.69, 9.17) is 23.2 Å². The third kappa shape index (κ3) is 4.11. The Morgan fingerprint density at radius 1 is 0.879 bits per heavy atom. The molecule has 164 valence electrons. The molecule has 2 amide bonds. The molecule has 0 saturated carbocycles. The maximum atomic E-state index is 13.5. The van der Waals surface area contributed by atoms with Gasteiger partial charge in [-0.15, -0.1) is 0 Å². The van der Waals surface area contributed by atoms with Gasteiger partial charge in [-0.25, -0.2) is 4.98 Å². The molecule has 0 atom stereocenters. The van der Waals surface area contributed by atoms with E-state index in [1.54, 1.807) is 53.6 Å². The molecule has 6 nitrogen and oxygen atoms in total. The summed E-state index contributed by atoms with van der Waals surface area (Å²) in [6, 6.07) is 19.5. The van der Waals surface area contributed by atoms with Crippen LogP contribution in [0.1, 0.15) is 32.1 Å². The molecule has 1 N–H and O–H groups in total. The first-order valence-electron chi connectivity index (χ1n) is 10.3. The Morgan fingerprint density at radius 3 is 2.36 bits per heavy atom. The molecular formula is C25H18Cl2N4O2. The molecule has 0 spiro atoms. The SMILES string of the molecule is O=C(Nc1ccc(C(=O)N2Cc3nccn3Cc3ccccc32)cc1)c1c(Cl)cccc1Cl. The predicted octanol–water partition coefficient (Wildman–Crippen LogP) is 5.65. The number of carbonyl (C=O) groups excluding carboxylic acids is 2. The number of amides is 2. The predicted molar refractivity (Wildman–Crippen MR) is 129 cm³/mol. The van der Waals surface area contributed by atoms with Crippen molar-refractivity contribution in [1.29, 1.82) is 0 Å². The van der Waals surface area contributed by atoms with E-state index in [-0.39, 0.29) is 21.5 Å². The molecule has 33 heavy (non-hydrogen) atoms. The minimum atomic E-state index is -0.419. The highest BCUT2D eigenvalue weighted by Crippen LogP contribution is 2.29. The Bertz CT molecular complexity index is 1340. The van der Waals surface area contributed by atoms with Crippen molar-refractivity contribution in [2.45, 2.75) is 13.1 Å². The average molecular weight is 477 g/mol. The maximum Gasteiger partial charge on any atom is 0.258 e. The minimum Gasteiger partial charge on any atom is -0.329 e. The van der Waals surface area contributed by atoms with Crippen molar-refractivity contribution in [3.05, 3.63) is 112 Å². The van der Waals surface area contributed by atoms with Gasteiger partial charge >= 0.3 is 0 Å². The fourth-order valence-electron chi connectivity index (χ4n) is 3.90. The maximum absolute atomic E-state index is 13.5. The van der Waals surface area contributed by atoms with E-state index >= 15 is 0 Å². The highest BCUT2D eigenvalue weighted by molar-refractivity contribution is 6.40. The van der Waals surface area contributed by atoms with Crippen LogP contribution in [-0.4, -0.2) is 21.4 Å². The number of nitrogens with one attached hydrogen (secondary N) is 1. The van der Waals surface area contributed by atoms with Crippen molar-refractivity contribution in [1.82, 2.24) is 9.55 Å². The van der Waals surface area contributed by atoms with Crippen LogP contribution in [0.25, 0.3) is 0 Å². The number of fused-ring (bicyclic) bond motifs is 2. The van der Waals surface area contributed by atoms with Gasteiger partial charge in [0.2, 0.25) is 0 Å². The summed E-state index contributed by atoms with van der Waals surface area (Å²) in [5, 5.41) is 3.31. The first-order chi connectivity index (χ1) is 16.0. The number of hydrogen-bond acceptors (Lipinski definition) is 3. The van der Waals surface area contributed by atoms with Crippen molar-refractivity contribution in [2.75, 3.05) is 10.2 Å². The van der Waals surface area contributed by atoms with Crippen molar-refractivity contribution in [2.24, 2.45) is 0 Å². The van der Waals surface area contributed by atoms with Gasteiger partial charge in [-0.3, -0.25) is 9.59 Å². The Morgan fingerprint density at radius 2 is 1.61 bits per heavy atom. The number of para-hydroxylation sites is 1. The molecular weight excluding hydrogens is 459 g/mol. The number of hydrogen-bond donors (Lipinski definition) is 1. The first-order valence-corrected chi connectivity index (χ1v) is 11.0. The monoisotopic (exact) mass is 476 g/mol. The number of anilines is 2. The third-order valence-electron chi connectivity index (χ3n) is 5.55. The number of rotatable bonds is 3. The number of halogens is 2. The van der Waals surface area contributed by atoms with E-state index in [1.165, 1.54) is 0 Å². The average Bonchev–Trinajstić information content (AvgIpc) is 3.18. The largest absolute Gasteiger partial charge is 0.329 e. The Kier molecular flexibility index (Phi) is 5.62. The lowest BCUT2D eigenvalue weighted by Gasteiger charge is -2.22. The minimum absolute atomic E-state index is 0.147. The molecule has 5 rings (SSSR count). The van der Waals surface area contributed by atoms with Crippen LogP contribution < -0.4 is 10.2 Å². The fraction of sp³-hybridized carbons (Fsp3) is 0.0800. The zero-order valence-electron chi connectivity index (χ0n) is 17.3. The molecule has 2 heterocycles. The first kappa shape index (κ1) is 21.2. The van der Waals surface area contributed by atoms with E-state index in [0.717, 1.165) is 17.1 Å². The van der Waals surface area contributed by atoms with Crippen LogP contribution in [0.2, 0.25) is 10.0 Å². The van der Waals surface area contributed by atoms with Gasteiger partial charge in [0, 0.05) is 29.3 Å². The molecule has 0 unspecified atom stereocenters. The normalized spacial score (nSPS) is 12.5. The van der Waals surface area contributed by atoms with Gasteiger partial charge in [0.1, 0.15) is 5.82 Å². The summed E-state index contributed by atoms with van der Waals surface area (Å²) in [6.07, 6.45) is 3.66. The van der Waals surface area contributed by atoms with Gasteiger partial charge in [0.25, 0.3) is 11.8 Å². The topological polar surface area (TPSA) is 67.2 Å². The molecule has 0 radical (unpaired) electrons. The summed E-state index contributed by atoms with van der Waals surface area (Å²) in [5.41, 5.74) is 3.14. The molecule has 0 aliphatic carbocycles. The van der Waals surface area contributed by atoms with Gasteiger partial charge in [0.05, 0.1) is 28.7 Å². The Labute approximate surface area is 200 Å². The van der Waals surface area contributed by atoms with Crippen molar-refractivity contribution >= 4 is 46.4 Å². The van der Waals surface area contributed by atoms with E-state index in [0.29, 0.717) is 24.3 Å². The van der Waals surface area contributed by atoms with Crippen LogP contribution in [0.5, 0.6) is 0 Å². The van der Waals surface area contributed by atoms with Crippen LogP contribution in [0, 0.1) is 0 Å². The molecule has 0 saturated heterocycles. The lowest BCUT2D eigenvalue weighted by molar-refractivity contribution is 0.0983. The summed E-state index contributed by atoms with van der Waals surface area (Å²) in [6.45, 7) is 1.03. The molecule has 0 fully saturated rings. The molecule has 0 bridgehead atoms. The standard InChI is InChI=1S/C25H18Cl2N4O2/c26-19-5-3-6-20(27)23(19)24(32)29-18-10-8-16(9-11-18)25(33)31-15-22-28-12-13-30(22)14-17-4-1-2-7-21(17)31/h1-13H,14-15H2,(H,29,32). The molecule has 3 aromatic carbocycles. The molecule has 4 aromatic rings. The molecule has 1 aliphatic rings. The fourth-order valence-corrected chi connectivity index (χ4v) is 4.46. The van der Waals surface area contributed by atoms with E-state index < -0.39 is 5.91 Å². The highest BCUT2D eigenvalue weighted by atomic mass is 35.5. The van der Waals surface area contributed by atoms with Crippen LogP contribution >= 0.6 is 23.2 Å². The quantitative estimate of drug-likeness (QED) is 0.415.